The van der Waals surface area contributed by atoms with E-state index in [1.807, 2.05) is 28.8 Å². The molecule has 0 spiro atoms. The summed E-state index contributed by atoms with van der Waals surface area (Å²) in [5, 5.41) is 9.95. The molecule has 3 aromatic rings. The van der Waals surface area contributed by atoms with Crippen molar-refractivity contribution < 1.29 is 9.53 Å². The molecule has 0 saturated heterocycles. The fourth-order valence-corrected chi connectivity index (χ4v) is 2.48. The second-order valence-electron chi connectivity index (χ2n) is 5.13. The third-order valence-corrected chi connectivity index (χ3v) is 3.78. The minimum atomic E-state index is -0.468. The van der Waals surface area contributed by atoms with E-state index in [-0.39, 0.29) is 6.61 Å². The fraction of sp³-hybridized carbons (Fsp3) is 0.0526. The summed E-state index contributed by atoms with van der Waals surface area (Å²) in [5.74, 6) is -0.468. The summed E-state index contributed by atoms with van der Waals surface area (Å²) in [6.07, 6.45) is 6.65. The lowest BCUT2D eigenvalue weighted by Gasteiger charge is -2.00. The summed E-state index contributed by atoms with van der Waals surface area (Å²) in [5.41, 5.74) is 2.84. The first-order valence-electron chi connectivity index (χ1n) is 7.26. The fourth-order valence-electron chi connectivity index (χ4n) is 2.35. The van der Waals surface area contributed by atoms with Crippen LogP contribution in [0.4, 0.5) is 0 Å². The topological polar surface area (TPSA) is 54.5 Å². The number of carbonyl (C=O) groups excluding carboxylic acids is 1. The molecule has 2 heterocycles. The summed E-state index contributed by atoms with van der Waals surface area (Å²) in [4.78, 5) is 11.8. The van der Waals surface area contributed by atoms with Crippen LogP contribution in [0.15, 0.2) is 60.9 Å². The predicted octanol–water partition coefficient (Wildman–Crippen LogP) is 4.22. The van der Waals surface area contributed by atoms with Crippen LogP contribution in [0.1, 0.15) is 16.7 Å². The molecule has 0 N–H and O–H groups in total. The van der Waals surface area contributed by atoms with Crippen LogP contribution in [0, 0.1) is 11.3 Å². The zero-order valence-corrected chi connectivity index (χ0v) is 13.4. The van der Waals surface area contributed by atoms with E-state index in [0.717, 1.165) is 11.1 Å². The van der Waals surface area contributed by atoms with Crippen molar-refractivity contribution >= 4 is 29.2 Å². The molecule has 4 nitrogen and oxygen atoms in total. The highest BCUT2D eigenvalue weighted by Crippen LogP contribution is 2.18. The van der Waals surface area contributed by atoms with Crippen molar-refractivity contribution in [1.82, 2.24) is 4.40 Å². The van der Waals surface area contributed by atoms with Gasteiger partial charge in [-0.2, -0.15) is 5.26 Å². The van der Waals surface area contributed by atoms with Gasteiger partial charge in [-0.3, -0.25) is 0 Å². The average molecular weight is 337 g/mol. The van der Waals surface area contributed by atoms with Crippen molar-refractivity contribution in [1.29, 1.82) is 5.26 Å². The number of nitrogens with zero attached hydrogens (tertiary/aromatic N) is 2. The molecule has 118 valence electrons. The highest BCUT2D eigenvalue weighted by Gasteiger charge is 2.11. The van der Waals surface area contributed by atoms with Gasteiger partial charge in [-0.1, -0.05) is 29.8 Å². The van der Waals surface area contributed by atoms with E-state index in [4.69, 9.17) is 16.3 Å². The van der Waals surface area contributed by atoms with Gasteiger partial charge in [-0.25, -0.2) is 4.79 Å². The third kappa shape index (κ3) is 3.48. The maximum absolute atomic E-state index is 11.8. The van der Waals surface area contributed by atoms with E-state index in [1.54, 1.807) is 36.5 Å². The first kappa shape index (κ1) is 15.9. The van der Waals surface area contributed by atoms with Crippen LogP contribution in [-0.4, -0.2) is 10.4 Å². The lowest BCUT2D eigenvalue weighted by molar-refractivity contribution is -0.138. The van der Waals surface area contributed by atoms with E-state index in [1.165, 1.54) is 6.08 Å². The Morgan fingerprint density at radius 1 is 1.25 bits per heavy atom. The van der Waals surface area contributed by atoms with E-state index in [0.29, 0.717) is 16.1 Å². The number of benzene rings is 1. The summed E-state index contributed by atoms with van der Waals surface area (Å²) in [6, 6.07) is 14.9. The number of aromatic nitrogens is 1. The minimum absolute atomic E-state index is 0.0500. The van der Waals surface area contributed by atoms with Crippen LogP contribution in [0.3, 0.4) is 0 Å². The number of ether oxygens (including phenoxy) is 1. The molecule has 0 amide bonds. The molecule has 0 fully saturated rings. The van der Waals surface area contributed by atoms with Gasteiger partial charge in [-0.05, 0) is 35.9 Å². The highest BCUT2D eigenvalue weighted by molar-refractivity contribution is 6.30. The molecule has 24 heavy (non-hydrogen) atoms. The molecule has 2 aromatic heterocycles. The molecular weight excluding hydrogens is 324 g/mol. The number of hydrogen-bond acceptors (Lipinski definition) is 3. The smallest absolute Gasteiger partial charge is 0.331 e. The van der Waals surface area contributed by atoms with Gasteiger partial charge >= 0.3 is 5.97 Å². The molecule has 1 aromatic carbocycles. The Labute approximate surface area is 144 Å². The number of nitriles is 1. The van der Waals surface area contributed by atoms with Gasteiger partial charge in [0.15, 0.2) is 0 Å². The SMILES string of the molecule is N#Cc1c(COC(=O)/C=C/c2ccc(Cl)cc2)cn2ccccc12. The van der Waals surface area contributed by atoms with Crippen molar-refractivity contribution in [2.75, 3.05) is 0 Å². The molecule has 0 aliphatic rings. The van der Waals surface area contributed by atoms with Crippen LogP contribution >= 0.6 is 11.6 Å². The van der Waals surface area contributed by atoms with Gasteiger partial charge in [0.2, 0.25) is 0 Å². The van der Waals surface area contributed by atoms with E-state index in [2.05, 4.69) is 6.07 Å². The summed E-state index contributed by atoms with van der Waals surface area (Å²) in [7, 11) is 0. The van der Waals surface area contributed by atoms with Crippen molar-refractivity contribution in [3.8, 4) is 6.07 Å². The van der Waals surface area contributed by atoms with E-state index >= 15 is 0 Å². The monoisotopic (exact) mass is 336 g/mol. The Kier molecular flexibility index (Phi) is 4.64. The third-order valence-electron chi connectivity index (χ3n) is 3.53. The van der Waals surface area contributed by atoms with Crippen LogP contribution in [0.25, 0.3) is 11.6 Å². The second kappa shape index (κ2) is 7.03. The number of fused-ring (bicyclic) bond motifs is 1. The Morgan fingerprint density at radius 3 is 2.79 bits per heavy atom. The number of hydrogen-bond donors (Lipinski definition) is 0. The summed E-state index contributed by atoms with van der Waals surface area (Å²) >= 11 is 5.81. The Hall–Kier alpha value is -3.03. The van der Waals surface area contributed by atoms with Crippen molar-refractivity contribution in [3.63, 3.8) is 0 Å². The van der Waals surface area contributed by atoms with Gasteiger partial charge in [0.1, 0.15) is 12.7 Å². The molecule has 0 radical (unpaired) electrons. The number of pyridine rings is 1. The standard InChI is InChI=1S/C19H13ClN2O2/c20-16-7-4-14(5-8-16)6-9-19(23)24-13-15-12-22-10-2-1-3-18(22)17(15)11-21/h1-10,12H,13H2/b9-6+. The van der Waals surface area contributed by atoms with Crippen LogP contribution in [0.2, 0.25) is 5.02 Å². The number of carbonyl (C=O) groups is 1. The Bertz CT molecular complexity index is 950. The van der Waals surface area contributed by atoms with Gasteiger partial charge in [0.25, 0.3) is 0 Å². The van der Waals surface area contributed by atoms with Crippen molar-refractivity contribution in [2.45, 2.75) is 6.61 Å². The van der Waals surface area contributed by atoms with Crippen LogP contribution in [0.5, 0.6) is 0 Å². The first-order chi connectivity index (χ1) is 11.7. The van der Waals surface area contributed by atoms with Gasteiger partial charge < -0.3 is 9.14 Å². The molecular formula is C19H13ClN2O2. The van der Waals surface area contributed by atoms with Crippen molar-refractivity contribution in [3.05, 3.63) is 82.6 Å². The minimum Gasteiger partial charge on any atom is -0.458 e. The lowest BCUT2D eigenvalue weighted by atomic mass is 10.2. The van der Waals surface area contributed by atoms with E-state index in [9.17, 15) is 10.1 Å². The zero-order chi connectivity index (χ0) is 16.9. The maximum Gasteiger partial charge on any atom is 0.331 e. The number of halogens is 1. The normalized spacial score (nSPS) is 10.8. The molecule has 0 aliphatic carbocycles. The van der Waals surface area contributed by atoms with Gasteiger partial charge in [0, 0.05) is 29.1 Å². The Balaban J connectivity index is 1.68. The second-order valence-corrected chi connectivity index (χ2v) is 5.56. The molecule has 0 aliphatic heterocycles. The molecule has 0 saturated carbocycles. The molecule has 0 unspecified atom stereocenters. The largest absolute Gasteiger partial charge is 0.458 e. The van der Waals surface area contributed by atoms with Gasteiger partial charge in [-0.15, -0.1) is 0 Å². The first-order valence-corrected chi connectivity index (χ1v) is 7.64. The van der Waals surface area contributed by atoms with Crippen molar-refractivity contribution in [2.24, 2.45) is 0 Å². The molecule has 0 bridgehead atoms. The molecule has 0 atom stereocenters. The predicted molar refractivity (Wildman–Crippen MR) is 92.4 cm³/mol. The zero-order valence-electron chi connectivity index (χ0n) is 12.6. The summed E-state index contributed by atoms with van der Waals surface area (Å²) in [6.45, 7) is 0.0500. The molecule has 5 heteroatoms. The van der Waals surface area contributed by atoms with Gasteiger partial charge in [0.05, 0.1) is 11.1 Å². The Morgan fingerprint density at radius 2 is 2.04 bits per heavy atom. The van der Waals surface area contributed by atoms with Crippen LogP contribution < -0.4 is 0 Å². The maximum atomic E-state index is 11.8. The highest BCUT2D eigenvalue weighted by atomic mass is 35.5. The number of esters is 1. The average Bonchev–Trinajstić information content (AvgIpc) is 2.97. The van der Waals surface area contributed by atoms with E-state index < -0.39 is 5.97 Å². The lowest BCUT2D eigenvalue weighted by Crippen LogP contribution is -2.01. The van der Waals surface area contributed by atoms with Crippen LogP contribution in [-0.2, 0) is 16.1 Å². The number of rotatable bonds is 4. The molecule has 3 rings (SSSR count). The quantitative estimate of drug-likeness (QED) is 0.529. The summed E-state index contributed by atoms with van der Waals surface area (Å²) < 4.78 is 7.07.